The van der Waals surface area contributed by atoms with Crippen LogP contribution in [0.3, 0.4) is 0 Å². The normalized spacial score (nSPS) is 28.2. The molecule has 1 amide bonds. The summed E-state index contributed by atoms with van der Waals surface area (Å²) >= 11 is 1.48. The Morgan fingerprint density at radius 2 is 1.73 bits per heavy atom. The summed E-state index contributed by atoms with van der Waals surface area (Å²) in [4.78, 5) is 13.0. The number of aromatic nitrogens is 3. The molecule has 2 aromatic rings. The number of carbonyl (C=O) groups is 1. The van der Waals surface area contributed by atoms with Crippen molar-refractivity contribution in [2.24, 2.45) is 17.8 Å². The molecular formula is C27H36N4OS. The van der Waals surface area contributed by atoms with Crippen molar-refractivity contribution in [3.63, 3.8) is 0 Å². The largest absolute Gasteiger partial charge is 0.350 e. The maximum absolute atomic E-state index is 13.0. The summed E-state index contributed by atoms with van der Waals surface area (Å²) in [6, 6.07) is 8.54. The van der Waals surface area contributed by atoms with Gasteiger partial charge >= 0.3 is 0 Å². The SMILES string of the molecule is C=CCn1c(SCC(=O)NC23CC4CC(CC(C4)C2)C3)nnc1-c1ccc(C(C)(C)C)cc1. The van der Waals surface area contributed by atoms with Gasteiger partial charge in [0.25, 0.3) is 0 Å². The van der Waals surface area contributed by atoms with Crippen molar-refractivity contribution >= 4 is 17.7 Å². The fourth-order valence-corrected chi connectivity index (χ4v) is 7.50. The summed E-state index contributed by atoms with van der Waals surface area (Å²) < 4.78 is 2.06. The van der Waals surface area contributed by atoms with Crippen LogP contribution in [-0.4, -0.2) is 32.0 Å². The quantitative estimate of drug-likeness (QED) is 0.428. The molecule has 1 N–H and O–H groups in total. The first-order valence-corrected chi connectivity index (χ1v) is 13.3. The van der Waals surface area contributed by atoms with Gasteiger partial charge in [0.05, 0.1) is 5.75 Å². The second-order valence-corrected chi connectivity index (χ2v) is 12.5. The predicted molar refractivity (Wildman–Crippen MR) is 134 cm³/mol. The lowest BCUT2D eigenvalue weighted by molar-refractivity contribution is -0.124. The minimum Gasteiger partial charge on any atom is -0.350 e. The number of nitrogens with zero attached hydrogens (tertiary/aromatic N) is 3. The number of allylic oxidation sites excluding steroid dienone is 1. The van der Waals surface area contributed by atoms with Crippen LogP contribution in [0.5, 0.6) is 0 Å². The third-order valence-electron chi connectivity index (χ3n) is 7.81. The average molecular weight is 465 g/mol. The van der Waals surface area contributed by atoms with Crippen LogP contribution >= 0.6 is 11.8 Å². The molecule has 1 aromatic heterocycles. The Morgan fingerprint density at radius 1 is 1.12 bits per heavy atom. The highest BCUT2D eigenvalue weighted by molar-refractivity contribution is 7.99. The van der Waals surface area contributed by atoms with Gasteiger partial charge in [-0.3, -0.25) is 9.36 Å². The molecule has 0 atom stereocenters. The number of rotatable bonds is 7. The lowest BCUT2D eigenvalue weighted by atomic mass is 9.53. The van der Waals surface area contributed by atoms with Crippen LogP contribution in [0.1, 0.15) is 64.9 Å². The lowest BCUT2D eigenvalue weighted by Crippen LogP contribution is -2.60. The zero-order valence-electron chi connectivity index (χ0n) is 20.1. The molecule has 6 rings (SSSR count). The molecule has 0 unspecified atom stereocenters. The minimum absolute atomic E-state index is 0.0567. The van der Waals surface area contributed by atoms with E-state index in [1.54, 1.807) is 0 Å². The first-order chi connectivity index (χ1) is 15.7. The van der Waals surface area contributed by atoms with E-state index in [1.165, 1.54) is 55.9 Å². The molecule has 4 fully saturated rings. The van der Waals surface area contributed by atoms with Gasteiger partial charge in [0.2, 0.25) is 5.91 Å². The number of thioether (sulfide) groups is 1. The van der Waals surface area contributed by atoms with Crippen LogP contribution in [0.25, 0.3) is 11.4 Å². The van der Waals surface area contributed by atoms with Crippen LogP contribution < -0.4 is 5.32 Å². The van der Waals surface area contributed by atoms with E-state index in [4.69, 9.17) is 0 Å². The van der Waals surface area contributed by atoms with Crippen molar-refractivity contribution in [2.45, 2.75) is 82.0 Å². The molecule has 4 bridgehead atoms. The summed E-state index contributed by atoms with van der Waals surface area (Å²) in [5, 5.41) is 13.1. The summed E-state index contributed by atoms with van der Waals surface area (Å²) in [7, 11) is 0. The van der Waals surface area contributed by atoms with Gasteiger partial charge in [0.1, 0.15) is 0 Å². The Kier molecular flexibility index (Phi) is 5.92. The molecule has 0 saturated heterocycles. The van der Waals surface area contributed by atoms with Crippen LogP contribution in [-0.2, 0) is 16.8 Å². The number of benzene rings is 1. The Bertz CT molecular complexity index is 998. The maximum atomic E-state index is 13.0. The van der Waals surface area contributed by atoms with Gasteiger partial charge in [0.15, 0.2) is 11.0 Å². The zero-order chi connectivity index (χ0) is 23.2. The van der Waals surface area contributed by atoms with E-state index in [0.29, 0.717) is 12.3 Å². The van der Waals surface area contributed by atoms with E-state index in [2.05, 4.69) is 71.7 Å². The van der Waals surface area contributed by atoms with Crippen molar-refractivity contribution in [3.8, 4) is 11.4 Å². The first kappa shape index (κ1) is 22.7. The van der Waals surface area contributed by atoms with E-state index >= 15 is 0 Å². The van der Waals surface area contributed by atoms with Crippen molar-refractivity contribution < 1.29 is 4.79 Å². The molecule has 0 radical (unpaired) electrons. The molecule has 1 heterocycles. The molecule has 176 valence electrons. The topological polar surface area (TPSA) is 59.8 Å². The lowest BCUT2D eigenvalue weighted by Gasteiger charge is -2.56. The van der Waals surface area contributed by atoms with E-state index in [9.17, 15) is 4.79 Å². The number of hydrogen-bond acceptors (Lipinski definition) is 4. The van der Waals surface area contributed by atoms with Gasteiger partial charge in [0, 0.05) is 17.6 Å². The van der Waals surface area contributed by atoms with Gasteiger partial charge in [-0.05, 0) is 67.3 Å². The predicted octanol–water partition coefficient (Wildman–Crippen LogP) is 5.61. The molecule has 1 aromatic carbocycles. The molecule has 0 aliphatic heterocycles. The third-order valence-corrected chi connectivity index (χ3v) is 8.78. The Labute approximate surface area is 201 Å². The molecule has 4 aliphatic carbocycles. The highest BCUT2D eigenvalue weighted by Crippen LogP contribution is 2.55. The monoisotopic (exact) mass is 464 g/mol. The van der Waals surface area contributed by atoms with Gasteiger partial charge in [-0.2, -0.15) is 0 Å². The number of amides is 1. The Morgan fingerprint density at radius 3 is 2.27 bits per heavy atom. The molecular weight excluding hydrogens is 428 g/mol. The molecule has 4 saturated carbocycles. The highest BCUT2D eigenvalue weighted by Gasteiger charge is 2.51. The average Bonchev–Trinajstić information content (AvgIpc) is 3.13. The van der Waals surface area contributed by atoms with Crippen LogP contribution in [0, 0.1) is 17.8 Å². The van der Waals surface area contributed by atoms with Crippen LogP contribution in [0.4, 0.5) is 0 Å². The van der Waals surface area contributed by atoms with E-state index in [0.717, 1.165) is 34.3 Å². The van der Waals surface area contributed by atoms with Crippen molar-refractivity contribution in [3.05, 3.63) is 42.5 Å². The summed E-state index contributed by atoms with van der Waals surface area (Å²) in [5.74, 6) is 3.80. The fourth-order valence-electron chi connectivity index (χ4n) is 6.75. The van der Waals surface area contributed by atoms with Crippen molar-refractivity contribution in [1.82, 2.24) is 20.1 Å². The minimum atomic E-state index is 0.0567. The van der Waals surface area contributed by atoms with Crippen LogP contribution in [0.2, 0.25) is 0 Å². The van der Waals surface area contributed by atoms with Crippen molar-refractivity contribution in [1.29, 1.82) is 0 Å². The Hall–Kier alpha value is -2.08. The third kappa shape index (κ3) is 4.64. The zero-order valence-corrected chi connectivity index (χ0v) is 21.0. The van der Waals surface area contributed by atoms with Crippen LogP contribution in [0.15, 0.2) is 42.1 Å². The van der Waals surface area contributed by atoms with Crippen molar-refractivity contribution in [2.75, 3.05) is 5.75 Å². The number of carbonyl (C=O) groups excluding carboxylic acids is 1. The maximum Gasteiger partial charge on any atom is 0.230 e. The number of nitrogens with one attached hydrogen (secondary N) is 1. The second-order valence-electron chi connectivity index (χ2n) is 11.6. The molecule has 0 spiro atoms. The van der Waals surface area contributed by atoms with Gasteiger partial charge < -0.3 is 5.32 Å². The Balaban J connectivity index is 1.27. The van der Waals surface area contributed by atoms with E-state index < -0.39 is 0 Å². The first-order valence-electron chi connectivity index (χ1n) is 12.3. The summed E-state index contributed by atoms with van der Waals surface area (Å²) in [6.45, 7) is 11.2. The second kappa shape index (κ2) is 8.61. The molecule has 5 nitrogen and oxygen atoms in total. The van der Waals surface area contributed by atoms with Gasteiger partial charge in [-0.25, -0.2) is 0 Å². The molecule has 6 heteroatoms. The standard InChI is InChI=1S/C27H36N4OS/c1-5-10-31-24(21-6-8-22(9-7-21)26(2,3)4)29-30-25(31)33-17-23(32)28-27-14-18-11-19(15-27)13-20(12-18)16-27/h5-9,18-20H,1,10-17H2,2-4H3,(H,28,32). The summed E-state index contributed by atoms with van der Waals surface area (Å²) in [5.41, 5.74) is 2.48. The fraction of sp³-hybridized carbons (Fsp3) is 0.593. The van der Waals surface area contributed by atoms with E-state index in [1.807, 2.05) is 6.08 Å². The number of hydrogen-bond donors (Lipinski definition) is 1. The molecule has 4 aliphatic rings. The van der Waals surface area contributed by atoms with Gasteiger partial charge in [-0.15, -0.1) is 16.8 Å². The molecule has 33 heavy (non-hydrogen) atoms. The summed E-state index contributed by atoms with van der Waals surface area (Å²) in [6.07, 6.45) is 9.54. The smallest absolute Gasteiger partial charge is 0.230 e. The highest BCUT2D eigenvalue weighted by atomic mass is 32.2. The van der Waals surface area contributed by atoms with E-state index in [-0.39, 0.29) is 16.9 Å². The van der Waals surface area contributed by atoms with Gasteiger partial charge in [-0.1, -0.05) is 62.9 Å².